The van der Waals surface area contributed by atoms with E-state index in [0.29, 0.717) is 0 Å². The molecule has 0 radical (unpaired) electrons. The fourth-order valence-electron chi connectivity index (χ4n) is 1.53. The number of nitriles is 1. The third-order valence-corrected chi connectivity index (χ3v) is 4.32. The van der Waals surface area contributed by atoms with Crippen molar-refractivity contribution in [3.05, 3.63) is 29.8 Å². The number of amides is 1. The molecule has 8 heteroatoms. The smallest absolute Gasteiger partial charge is 0.243 e. The first-order valence-corrected chi connectivity index (χ1v) is 7.13. The predicted octanol–water partition coefficient (Wildman–Crippen LogP) is -0.319. The first kappa shape index (κ1) is 16.1. The molecule has 20 heavy (non-hydrogen) atoms. The number of methoxy groups -OCH3 is 1. The van der Waals surface area contributed by atoms with Crippen LogP contribution in [0.2, 0.25) is 0 Å². The molecule has 108 valence electrons. The lowest BCUT2D eigenvalue weighted by atomic mass is 10.2. The van der Waals surface area contributed by atoms with E-state index in [2.05, 4.69) is 0 Å². The fraction of sp³-hybridized carbons (Fsp3) is 0.333. The molecular formula is C12H15N3O4S. The summed E-state index contributed by atoms with van der Waals surface area (Å²) in [5.41, 5.74) is 5.28. The highest BCUT2D eigenvalue weighted by atomic mass is 32.2. The Morgan fingerprint density at radius 1 is 1.50 bits per heavy atom. The molecule has 0 aromatic heterocycles. The summed E-state index contributed by atoms with van der Waals surface area (Å²) in [6, 6.07) is 7.42. The highest BCUT2D eigenvalue weighted by Crippen LogP contribution is 2.16. The minimum absolute atomic E-state index is 0.00143. The Labute approximate surface area is 117 Å². The first-order valence-electron chi connectivity index (χ1n) is 5.69. The molecule has 0 saturated carbocycles. The van der Waals surface area contributed by atoms with E-state index in [9.17, 15) is 13.2 Å². The van der Waals surface area contributed by atoms with Gasteiger partial charge in [0.15, 0.2) is 0 Å². The fourth-order valence-corrected chi connectivity index (χ4v) is 2.96. The number of hydrogen-bond acceptors (Lipinski definition) is 5. The van der Waals surface area contributed by atoms with Crippen LogP contribution in [0.1, 0.15) is 5.56 Å². The van der Waals surface area contributed by atoms with Gasteiger partial charge < -0.3 is 10.5 Å². The molecule has 0 unspecified atom stereocenters. The lowest BCUT2D eigenvalue weighted by Crippen LogP contribution is -2.40. The second-order valence-electron chi connectivity index (χ2n) is 3.94. The Morgan fingerprint density at radius 2 is 2.20 bits per heavy atom. The van der Waals surface area contributed by atoms with E-state index in [1.54, 1.807) is 0 Å². The average Bonchev–Trinajstić information content (AvgIpc) is 2.43. The van der Waals surface area contributed by atoms with E-state index in [4.69, 9.17) is 15.7 Å². The van der Waals surface area contributed by atoms with Gasteiger partial charge in [0, 0.05) is 13.7 Å². The van der Waals surface area contributed by atoms with Gasteiger partial charge in [-0.2, -0.15) is 9.57 Å². The first-order chi connectivity index (χ1) is 9.41. The summed E-state index contributed by atoms with van der Waals surface area (Å²) in [7, 11) is -2.48. The Hall–Kier alpha value is -1.95. The maximum Gasteiger partial charge on any atom is 0.243 e. The van der Waals surface area contributed by atoms with E-state index in [1.165, 1.54) is 31.4 Å². The zero-order valence-electron chi connectivity index (χ0n) is 10.9. The van der Waals surface area contributed by atoms with Crippen molar-refractivity contribution in [2.75, 3.05) is 26.8 Å². The molecule has 0 fully saturated rings. The molecule has 1 amide bonds. The van der Waals surface area contributed by atoms with Gasteiger partial charge in [-0.05, 0) is 18.2 Å². The van der Waals surface area contributed by atoms with Gasteiger partial charge in [0.2, 0.25) is 15.9 Å². The van der Waals surface area contributed by atoms with E-state index in [0.717, 1.165) is 4.31 Å². The molecular weight excluding hydrogens is 282 g/mol. The normalized spacial score (nSPS) is 11.2. The van der Waals surface area contributed by atoms with Crippen LogP contribution in [0.5, 0.6) is 0 Å². The van der Waals surface area contributed by atoms with E-state index in [1.807, 2.05) is 6.07 Å². The van der Waals surface area contributed by atoms with Crippen LogP contribution in [0.4, 0.5) is 0 Å². The highest BCUT2D eigenvalue weighted by molar-refractivity contribution is 7.89. The largest absolute Gasteiger partial charge is 0.383 e. The van der Waals surface area contributed by atoms with Crippen LogP contribution in [0.25, 0.3) is 0 Å². The number of carbonyl (C=O) groups excluding carboxylic acids is 1. The van der Waals surface area contributed by atoms with Crippen molar-refractivity contribution < 1.29 is 17.9 Å². The monoisotopic (exact) mass is 297 g/mol. The molecule has 0 atom stereocenters. The van der Waals surface area contributed by atoms with E-state index in [-0.39, 0.29) is 23.6 Å². The summed E-state index contributed by atoms with van der Waals surface area (Å²) in [6.07, 6.45) is 0. The molecule has 0 heterocycles. The van der Waals surface area contributed by atoms with Gasteiger partial charge in [-0.3, -0.25) is 4.79 Å². The maximum atomic E-state index is 12.4. The van der Waals surface area contributed by atoms with Crippen molar-refractivity contribution in [3.8, 4) is 6.07 Å². The van der Waals surface area contributed by atoms with Gasteiger partial charge >= 0.3 is 0 Å². The molecule has 0 aliphatic rings. The van der Waals surface area contributed by atoms with Crippen LogP contribution in [-0.2, 0) is 19.6 Å². The molecule has 0 spiro atoms. The van der Waals surface area contributed by atoms with Gasteiger partial charge in [-0.1, -0.05) is 6.07 Å². The maximum absolute atomic E-state index is 12.4. The molecule has 1 rings (SSSR count). The third kappa shape index (κ3) is 4.03. The van der Waals surface area contributed by atoms with Crippen LogP contribution in [-0.4, -0.2) is 45.4 Å². The number of benzene rings is 1. The van der Waals surface area contributed by atoms with E-state index >= 15 is 0 Å². The number of hydrogen-bond donors (Lipinski definition) is 1. The van der Waals surface area contributed by atoms with Crippen LogP contribution in [0, 0.1) is 11.3 Å². The standard InChI is InChI=1S/C12H15N3O4S/c1-19-6-5-15(9-12(14)16)20(17,18)11-4-2-3-10(7-11)8-13/h2-4,7H,5-6,9H2,1H3,(H2,14,16). The van der Waals surface area contributed by atoms with Crippen LogP contribution < -0.4 is 5.73 Å². The van der Waals surface area contributed by atoms with Gasteiger partial charge in [-0.25, -0.2) is 8.42 Å². The lowest BCUT2D eigenvalue weighted by molar-refractivity contribution is -0.118. The second kappa shape index (κ2) is 7.00. The Bertz CT molecular complexity index is 622. The number of ether oxygens (including phenoxy) is 1. The van der Waals surface area contributed by atoms with Gasteiger partial charge in [0.05, 0.1) is 29.7 Å². The molecule has 2 N–H and O–H groups in total. The van der Waals surface area contributed by atoms with Gasteiger partial charge in [0.1, 0.15) is 0 Å². The predicted molar refractivity (Wildman–Crippen MR) is 71.0 cm³/mol. The lowest BCUT2D eigenvalue weighted by Gasteiger charge is -2.20. The number of primary amides is 1. The van der Waals surface area contributed by atoms with Crippen molar-refractivity contribution in [1.29, 1.82) is 5.26 Å². The van der Waals surface area contributed by atoms with Crippen LogP contribution in [0.15, 0.2) is 29.2 Å². The van der Waals surface area contributed by atoms with Crippen molar-refractivity contribution in [1.82, 2.24) is 4.31 Å². The van der Waals surface area contributed by atoms with Crippen molar-refractivity contribution in [2.24, 2.45) is 5.73 Å². The van der Waals surface area contributed by atoms with Gasteiger partial charge in [0.25, 0.3) is 0 Å². The number of nitrogens with zero attached hydrogens (tertiary/aromatic N) is 2. The molecule has 1 aromatic carbocycles. The molecule has 7 nitrogen and oxygen atoms in total. The number of rotatable bonds is 7. The summed E-state index contributed by atoms with van der Waals surface area (Å²) in [4.78, 5) is 10.9. The van der Waals surface area contributed by atoms with Crippen molar-refractivity contribution in [2.45, 2.75) is 4.90 Å². The zero-order chi connectivity index (χ0) is 15.2. The van der Waals surface area contributed by atoms with Crippen LogP contribution in [0.3, 0.4) is 0 Å². The van der Waals surface area contributed by atoms with E-state index < -0.39 is 22.5 Å². The highest BCUT2D eigenvalue weighted by Gasteiger charge is 2.25. The minimum Gasteiger partial charge on any atom is -0.383 e. The van der Waals surface area contributed by atoms with Gasteiger partial charge in [-0.15, -0.1) is 0 Å². The molecule has 0 saturated heterocycles. The molecule has 0 bridgehead atoms. The van der Waals surface area contributed by atoms with Crippen molar-refractivity contribution >= 4 is 15.9 Å². The molecule has 1 aromatic rings. The second-order valence-corrected chi connectivity index (χ2v) is 5.88. The number of carbonyl (C=O) groups is 1. The van der Waals surface area contributed by atoms with Crippen LogP contribution >= 0.6 is 0 Å². The molecule has 0 aliphatic heterocycles. The quantitative estimate of drug-likeness (QED) is 0.741. The SMILES string of the molecule is COCCN(CC(N)=O)S(=O)(=O)c1cccc(C#N)c1. The molecule has 0 aliphatic carbocycles. The summed E-state index contributed by atoms with van der Waals surface area (Å²) in [5, 5.41) is 8.80. The average molecular weight is 297 g/mol. The number of nitrogens with two attached hydrogens (primary N) is 1. The Balaban J connectivity index is 3.14. The topological polar surface area (TPSA) is 113 Å². The minimum atomic E-state index is -3.90. The Morgan fingerprint density at radius 3 is 2.75 bits per heavy atom. The summed E-state index contributed by atoms with van der Waals surface area (Å²) in [6.45, 7) is -0.314. The summed E-state index contributed by atoms with van der Waals surface area (Å²) < 4.78 is 30.5. The Kier molecular flexibility index (Phi) is 5.64. The summed E-state index contributed by atoms with van der Waals surface area (Å²) >= 11 is 0. The summed E-state index contributed by atoms with van der Waals surface area (Å²) in [5.74, 6) is -0.763. The zero-order valence-corrected chi connectivity index (χ0v) is 11.8. The number of sulfonamides is 1. The van der Waals surface area contributed by atoms with Crippen molar-refractivity contribution in [3.63, 3.8) is 0 Å². The third-order valence-electron chi connectivity index (χ3n) is 2.48.